The molecule has 0 atom stereocenters. The van der Waals surface area contributed by atoms with E-state index >= 15 is 0 Å². The Morgan fingerprint density at radius 2 is 1.97 bits per heavy atom. The molecule has 0 aliphatic carbocycles. The first-order chi connectivity index (χ1) is 14.2. The van der Waals surface area contributed by atoms with Crippen LogP contribution in [0.1, 0.15) is 24.2 Å². The van der Waals surface area contributed by atoms with E-state index in [4.69, 9.17) is 4.74 Å². The second-order valence-corrected chi connectivity index (χ2v) is 7.85. The fourth-order valence-corrected chi connectivity index (χ4v) is 3.00. The topological polar surface area (TPSA) is 59.4 Å². The fourth-order valence-electron chi connectivity index (χ4n) is 3.00. The Kier molecular flexibility index (Phi) is 6.66. The Bertz CT molecular complexity index is 1050. The first-order valence-corrected chi connectivity index (χ1v) is 9.81. The third-order valence-corrected chi connectivity index (χ3v) is 4.46. The maximum Gasteiger partial charge on any atom is 0.251 e. The van der Waals surface area contributed by atoms with Gasteiger partial charge in [0.25, 0.3) is 5.91 Å². The molecule has 0 saturated heterocycles. The Morgan fingerprint density at radius 3 is 2.63 bits per heavy atom. The normalized spacial score (nSPS) is 11.5. The fraction of sp³-hybridized carbons (Fsp3) is 0.364. The maximum absolute atomic E-state index is 14.0. The summed E-state index contributed by atoms with van der Waals surface area (Å²) in [6.07, 6.45) is 0. The molecule has 0 unspecified atom stereocenters. The molecular weight excluding hydrogens is 390 g/mol. The van der Waals surface area contributed by atoms with Crippen LogP contribution in [0.2, 0.25) is 0 Å². The number of ether oxygens (including phenoxy) is 1. The quantitative estimate of drug-likeness (QED) is 0.602. The summed E-state index contributed by atoms with van der Waals surface area (Å²) >= 11 is 0. The number of hydrogen-bond donors (Lipinski definition) is 1. The molecular formula is C22H26F2N4O2. The van der Waals surface area contributed by atoms with Gasteiger partial charge in [-0.3, -0.25) is 9.48 Å². The predicted molar refractivity (Wildman–Crippen MR) is 112 cm³/mol. The van der Waals surface area contributed by atoms with Crippen molar-refractivity contribution in [3.8, 4) is 11.6 Å². The summed E-state index contributed by atoms with van der Waals surface area (Å²) in [5.41, 5.74) is 1.21. The molecule has 30 heavy (non-hydrogen) atoms. The second kappa shape index (κ2) is 9.21. The van der Waals surface area contributed by atoms with Crippen LogP contribution in [0.5, 0.6) is 11.6 Å². The number of likely N-dealkylation sites (N-methyl/N-ethyl adjacent to an activating group) is 1. The minimum atomic E-state index is -0.807. The van der Waals surface area contributed by atoms with Crippen LogP contribution < -0.4 is 10.1 Å². The third kappa shape index (κ3) is 5.13. The van der Waals surface area contributed by atoms with Gasteiger partial charge in [-0.05, 0) is 50.3 Å². The molecule has 0 fully saturated rings. The lowest BCUT2D eigenvalue weighted by Gasteiger charge is -2.11. The van der Waals surface area contributed by atoms with E-state index in [1.54, 1.807) is 22.9 Å². The molecule has 2 aromatic carbocycles. The zero-order valence-electron chi connectivity index (χ0n) is 17.6. The molecule has 3 rings (SSSR count). The molecule has 0 bridgehead atoms. The number of aromatic nitrogens is 2. The summed E-state index contributed by atoms with van der Waals surface area (Å²) in [6, 6.07) is 8.29. The van der Waals surface area contributed by atoms with E-state index in [0.29, 0.717) is 35.5 Å². The van der Waals surface area contributed by atoms with Crippen molar-refractivity contribution in [1.29, 1.82) is 0 Å². The number of amides is 1. The van der Waals surface area contributed by atoms with Gasteiger partial charge in [-0.1, -0.05) is 13.8 Å². The molecule has 0 spiro atoms. The van der Waals surface area contributed by atoms with Crippen LogP contribution in [-0.2, 0) is 6.54 Å². The number of nitrogens with zero attached hydrogens (tertiary/aromatic N) is 3. The Morgan fingerprint density at radius 1 is 1.20 bits per heavy atom. The lowest BCUT2D eigenvalue weighted by molar-refractivity contribution is 0.0951. The summed E-state index contributed by atoms with van der Waals surface area (Å²) in [5.74, 6) is -1.28. The van der Waals surface area contributed by atoms with Crippen LogP contribution >= 0.6 is 0 Å². The van der Waals surface area contributed by atoms with E-state index in [1.807, 2.05) is 32.8 Å². The summed E-state index contributed by atoms with van der Waals surface area (Å²) < 4.78 is 34.6. The van der Waals surface area contributed by atoms with Crippen LogP contribution in [0.15, 0.2) is 36.4 Å². The van der Waals surface area contributed by atoms with Gasteiger partial charge < -0.3 is 15.0 Å². The largest absolute Gasteiger partial charge is 0.434 e. The van der Waals surface area contributed by atoms with Crippen LogP contribution in [0.25, 0.3) is 10.9 Å². The zero-order chi connectivity index (χ0) is 21.8. The number of benzene rings is 2. The van der Waals surface area contributed by atoms with Gasteiger partial charge in [0.05, 0.1) is 10.9 Å². The highest BCUT2D eigenvalue weighted by Crippen LogP contribution is 2.32. The Hall–Kier alpha value is -3.00. The van der Waals surface area contributed by atoms with Gasteiger partial charge in [0.15, 0.2) is 11.6 Å². The highest BCUT2D eigenvalue weighted by Gasteiger charge is 2.17. The average Bonchev–Trinajstić information content (AvgIpc) is 2.99. The van der Waals surface area contributed by atoms with Crippen molar-refractivity contribution < 1.29 is 18.3 Å². The van der Waals surface area contributed by atoms with Gasteiger partial charge in [0.2, 0.25) is 5.88 Å². The van der Waals surface area contributed by atoms with Crippen LogP contribution in [0, 0.1) is 17.6 Å². The van der Waals surface area contributed by atoms with Crippen LogP contribution in [0.4, 0.5) is 8.78 Å². The summed E-state index contributed by atoms with van der Waals surface area (Å²) in [4.78, 5) is 14.5. The van der Waals surface area contributed by atoms with E-state index < -0.39 is 11.6 Å². The predicted octanol–water partition coefficient (Wildman–Crippen LogP) is 4.05. The van der Waals surface area contributed by atoms with E-state index in [0.717, 1.165) is 18.7 Å². The second-order valence-electron chi connectivity index (χ2n) is 7.85. The number of hydrogen-bond acceptors (Lipinski definition) is 4. The van der Waals surface area contributed by atoms with Gasteiger partial charge in [0, 0.05) is 31.3 Å². The standard InChI is InChI=1S/C22H26F2N4O2/c1-14(2)13-28-19-11-15(21(29)25-9-10-27(3)4)5-7-17(19)22(26-28)30-20-8-6-16(23)12-18(20)24/h5-8,11-12,14H,9-10,13H2,1-4H3,(H,25,29). The van der Waals surface area contributed by atoms with Crippen molar-refractivity contribution in [3.63, 3.8) is 0 Å². The molecule has 160 valence electrons. The minimum absolute atomic E-state index is 0.113. The maximum atomic E-state index is 14.0. The molecule has 0 aliphatic rings. The van der Waals surface area contributed by atoms with Crippen molar-refractivity contribution in [2.45, 2.75) is 20.4 Å². The smallest absolute Gasteiger partial charge is 0.251 e. The monoisotopic (exact) mass is 416 g/mol. The SMILES string of the molecule is CC(C)Cn1nc(Oc2ccc(F)cc2F)c2ccc(C(=O)NCCN(C)C)cc21. The Labute approximate surface area is 174 Å². The summed E-state index contributed by atoms with van der Waals surface area (Å²) in [5, 5.41) is 8.00. The lowest BCUT2D eigenvalue weighted by Crippen LogP contribution is -2.31. The van der Waals surface area contributed by atoms with E-state index in [2.05, 4.69) is 10.4 Å². The lowest BCUT2D eigenvalue weighted by atomic mass is 10.1. The van der Waals surface area contributed by atoms with Gasteiger partial charge >= 0.3 is 0 Å². The van der Waals surface area contributed by atoms with Crippen molar-refractivity contribution in [3.05, 3.63) is 53.6 Å². The van der Waals surface area contributed by atoms with Crippen molar-refractivity contribution in [2.24, 2.45) is 5.92 Å². The van der Waals surface area contributed by atoms with Gasteiger partial charge in [-0.2, -0.15) is 0 Å². The van der Waals surface area contributed by atoms with Gasteiger partial charge in [0.1, 0.15) is 5.82 Å². The zero-order valence-corrected chi connectivity index (χ0v) is 17.6. The van der Waals surface area contributed by atoms with Gasteiger partial charge in [-0.25, -0.2) is 8.78 Å². The highest BCUT2D eigenvalue weighted by molar-refractivity contribution is 5.98. The van der Waals surface area contributed by atoms with Crippen LogP contribution in [-0.4, -0.2) is 47.8 Å². The number of halogens is 2. The molecule has 0 aliphatic heterocycles. The Balaban J connectivity index is 1.94. The number of fused-ring (bicyclic) bond motifs is 1. The molecule has 1 aromatic heterocycles. The first-order valence-electron chi connectivity index (χ1n) is 9.81. The summed E-state index contributed by atoms with van der Waals surface area (Å²) in [7, 11) is 3.88. The van der Waals surface area contributed by atoms with Crippen LogP contribution in [0.3, 0.4) is 0 Å². The average molecular weight is 416 g/mol. The molecule has 1 N–H and O–H groups in total. The number of nitrogens with one attached hydrogen (secondary N) is 1. The molecule has 6 nitrogen and oxygen atoms in total. The molecule has 0 saturated carbocycles. The number of carbonyl (C=O) groups is 1. The van der Waals surface area contributed by atoms with Crippen molar-refractivity contribution in [2.75, 3.05) is 27.2 Å². The number of rotatable bonds is 8. The number of carbonyl (C=O) groups excluding carboxylic acids is 1. The minimum Gasteiger partial charge on any atom is -0.434 e. The van der Waals surface area contributed by atoms with E-state index in [-0.39, 0.29) is 17.5 Å². The molecule has 0 radical (unpaired) electrons. The first kappa shape index (κ1) is 21.7. The van der Waals surface area contributed by atoms with Gasteiger partial charge in [-0.15, -0.1) is 5.10 Å². The highest BCUT2D eigenvalue weighted by atomic mass is 19.1. The van der Waals surface area contributed by atoms with E-state index in [1.165, 1.54) is 6.07 Å². The molecule has 1 heterocycles. The van der Waals surface area contributed by atoms with Crippen molar-refractivity contribution in [1.82, 2.24) is 20.0 Å². The molecule has 1 amide bonds. The van der Waals surface area contributed by atoms with E-state index in [9.17, 15) is 13.6 Å². The van der Waals surface area contributed by atoms with Crippen molar-refractivity contribution >= 4 is 16.8 Å². The third-order valence-electron chi connectivity index (χ3n) is 4.46. The summed E-state index contributed by atoms with van der Waals surface area (Å²) in [6.45, 7) is 5.96. The molecule has 8 heteroatoms. The molecule has 3 aromatic rings.